The van der Waals surface area contributed by atoms with E-state index in [0.29, 0.717) is 23.4 Å². The van der Waals surface area contributed by atoms with E-state index in [4.69, 9.17) is 0 Å². The first-order valence-electron chi connectivity index (χ1n) is 7.81. The Labute approximate surface area is 122 Å². The van der Waals surface area contributed by atoms with E-state index in [1.54, 1.807) is 0 Å². The van der Waals surface area contributed by atoms with E-state index >= 15 is 0 Å². The fraction of sp³-hybridized carbons (Fsp3) is 0.588. The molecule has 0 radical (unpaired) electrons. The number of rotatable bonds is 2. The predicted octanol–water partition coefficient (Wildman–Crippen LogP) is 4.12. The maximum absolute atomic E-state index is 13.3. The molecule has 1 aromatic rings. The Kier molecular flexibility index (Phi) is 2.85. The molecule has 0 spiro atoms. The normalized spacial score (nSPS) is 36.8. The Balaban J connectivity index is 1.56. The van der Waals surface area contributed by atoms with Crippen molar-refractivity contribution < 1.29 is 13.6 Å². The van der Waals surface area contributed by atoms with Crippen molar-refractivity contribution in [3.05, 3.63) is 29.8 Å². The van der Waals surface area contributed by atoms with Gasteiger partial charge in [-0.3, -0.25) is 4.79 Å². The highest BCUT2D eigenvalue weighted by Gasteiger charge is 2.54. The van der Waals surface area contributed by atoms with Crippen LogP contribution in [0.1, 0.15) is 38.5 Å². The summed E-state index contributed by atoms with van der Waals surface area (Å²) in [6, 6.07) is 3.55. The van der Waals surface area contributed by atoms with Crippen molar-refractivity contribution in [2.45, 2.75) is 38.5 Å². The molecule has 0 aromatic heterocycles. The molecular weight excluding hydrogens is 272 g/mol. The van der Waals surface area contributed by atoms with Crippen molar-refractivity contribution in [3.8, 4) is 0 Å². The topological polar surface area (TPSA) is 29.1 Å². The lowest BCUT2D eigenvalue weighted by Gasteiger charge is -2.55. The van der Waals surface area contributed by atoms with Crippen LogP contribution >= 0.6 is 0 Å². The van der Waals surface area contributed by atoms with Crippen LogP contribution in [0.4, 0.5) is 14.5 Å². The van der Waals surface area contributed by atoms with E-state index in [0.717, 1.165) is 31.4 Å². The second kappa shape index (κ2) is 4.52. The second-order valence-corrected chi connectivity index (χ2v) is 7.28. The third kappa shape index (κ3) is 2.16. The van der Waals surface area contributed by atoms with Crippen LogP contribution in [0.2, 0.25) is 0 Å². The average Bonchev–Trinajstić information content (AvgIpc) is 2.41. The Morgan fingerprint density at radius 2 is 1.57 bits per heavy atom. The summed E-state index contributed by atoms with van der Waals surface area (Å²) in [5.74, 6) is 0.264. The summed E-state index contributed by atoms with van der Waals surface area (Å²) < 4.78 is 26.2. The smallest absolute Gasteiger partial charge is 0.230 e. The molecule has 4 bridgehead atoms. The molecular formula is C17H19F2NO. The SMILES string of the molecule is O=C(Nc1ccc(F)c(F)c1)C12CC3CC(CC(C3)C1)C2. The van der Waals surface area contributed by atoms with Gasteiger partial charge >= 0.3 is 0 Å². The number of carbonyl (C=O) groups excluding carboxylic acids is 1. The summed E-state index contributed by atoms with van der Waals surface area (Å²) >= 11 is 0. The van der Waals surface area contributed by atoms with Crippen molar-refractivity contribution in [1.29, 1.82) is 0 Å². The Morgan fingerprint density at radius 1 is 1.00 bits per heavy atom. The minimum Gasteiger partial charge on any atom is -0.326 e. The van der Waals surface area contributed by atoms with Crippen molar-refractivity contribution in [2.24, 2.45) is 23.2 Å². The molecule has 4 heteroatoms. The first kappa shape index (κ1) is 13.2. The van der Waals surface area contributed by atoms with Crippen LogP contribution in [0.25, 0.3) is 0 Å². The van der Waals surface area contributed by atoms with Crippen molar-refractivity contribution in [2.75, 3.05) is 5.32 Å². The molecule has 4 fully saturated rings. The van der Waals surface area contributed by atoms with Crippen LogP contribution in [0.15, 0.2) is 18.2 Å². The first-order valence-corrected chi connectivity index (χ1v) is 7.81. The van der Waals surface area contributed by atoms with E-state index in [-0.39, 0.29) is 11.3 Å². The largest absolute Gasteiger partial charge is 0.326 e. The highest BCUT2D eigenvalue weighted by atomic mass is 19.2. The summed E-state index contributed by atoms with van der Waals surface area (Å²) in [5.41, 5.74) is 0.0919. The van der Waals surface area contributed by atoms with Gasteiger partial charge in [-0.05, 0) is 68.4 Å². The van der Waals surface area contributed by atoms with Gasteiger partial charge in [0.25, 0.3) is 0 Å². The number of halogens is 2. The van der Waals surface area contributed by atoms with E-state index < -0.39 is 11.6 Å². The minimum atomic E-state index is -0.918. The van der Waals surface area contributed by atoms with Crippen LogP contribution in [-0.2, 0) is 4.79 Å². The molecule has 1 aromatic carbocycles. The first-order chi connectivity index (χ1) is 10.0. The number of nitrogens with one attached hydrogen (secondary N) is 1. The molecule has 0 aliphatic heterocycles. The molecule has 0 atom stereocenters. The predicted molar refractivity (Wildman–Crippen MR) is 75.6 cm³/mol. The fourth-order valence-electron chi connectivity index (χ4n) is 5.23. The van der Waals surface area contributed by atoms with E-state index in [9.17, 15) is 13.6 Å². The van der Waals surface area contributed by atoms with Gasteiger partial charge in [-0.1, -0.05) is 0 Å². The van der Waals surface area contributed by atoms with Crippen molar-refractivity contribution in [1.82, 2.24) is 0 Å². The lowest BCUT2D eigenvalue weighted by atomic mass is 9.49. The average molecular weight is 291 g/mol. The number of hydrogen-bond donors (Lipinski definition) is 1. The number of hydrogen-bond acceptors (Lipinski definition) is 1. The van der Waals surface area contributed by atoms with Crippen LogP contribution < -0.4 is 5.32 Å². The number of benzene rings is 1. The second-order valence-electron chi connectivity index (χ2n) is 7.28. The van der Waals surface area contributed by atoms with Gasteiger partial charge in [0.15, 0.2) is 11.6 Å². The molecule has 1 N–H and O–H groups in total. The van der Waals surface area contributed by atoms with Gasteiger partial charge in [0, 0.05) is 11.8 Å². The molecule has 21 heavy (non-hydrogen) atoms. The van der Waals surface area contributed by atoms with Crippen molar-refractivity contribution >= 4 is 11.6 Å². The van der Waals surface area contributed by atoms with Crippen LogP contribution in [0, 0.1) is 34.8 Å². The molecule has 4 aliphatic carbocycles. The monoisotopic (exact) mass is 291 g/mol. The molecule has 1 amide bonds. The third-order valence-electron chi connectivity index (χ3n) is 5.70. The fourth-order valence-corrected chi connectivity index (χ4v) is 5.23. The third-order valence-corrected chi connectivity index (χ3v) is 5.70. The Morgan fingerprint density at radius 3 is 2.10 bits per heavy atom. The molecule has 4 saturated carbocycles. The van der Waals surface area contributed by atoms with Gasteiger partial charge in [-0.2, -0.15) is 0 Å². The standard InChI is InChI=1S/C17H19F2NO/c18-14-2-1-13(6-15(14)19)20-16(21)17-7-10-3-11(8-17)5-12(4-10)9-17/h1-2,6,10-12H,3-5,7-9H2,(H,20,21). The summed E-state index contributed by atoms with van der Waals surface area (Å²) in [5, 5.41) is 2.82. The highest BCUT2D eigenvalue weighted by molar-refractivity contribution is 5.95. The van der Waals surface area contributed by atoms with Gasteiger partial charge in [0.1, 0.15) is 0 Å². The molecule has 112 valence electrons. The highest BCUT2D eigenvalue weighted by Crippen LogP contribution is 2.60. The summed E-state index contributed by atoms with van der Waals surface area (Å²) in [6.45, 7) is 0. The Hall–Kier alpha value is -1.45. The number of carbonyl (C=O) groups is 1. The molecule has 5 rings (SSSR count). The molecule has 4 aliphatic rings. The van der Waals surface area contributed by atoms with Gasteiger partial charge in [0.2, 0.25) is 5.91 Å². The zero-order chi connectivity index (χ0) is 14.6. The zero-order valence-corrected chi connectivity index (χ0v) is 11.9. The van der Waals surface area contributed by atoms with Gasteiger partial charge in [-0.25, -0.2) is 8.78 Å². The van der Waals surface area contributed by atoms with E-state index in [1.807, 2.05) is 0 Å². The molecule has 0 unspecified atom stereocenters. The molecule has 0 saturated heterocycles. The van der Waals surface area contributed by atoms with Crippen molar-refractivity contribution in [3.63, 3.8) is 0 Å². The van der Waals surface area contributed by atoms with E-state index in [1.165, 1.54) is 25.3 Å². The Bertz CT molecular complexity index is 563. The van der Waals surface area contributed by atoms with Gasteiger partial charge < -0.3 is 5.32 Å². The van der Waals surface area contributed by atoms with Gasteiger partial charge in [0.05, 0.1) is 5.41 Å². The van der Waals surface area contributed by atoms with Gasteiger partial charge in [-0.15, -0.1) is 0 Å². The minimum absolute atomic E-state index is 0.00704. The summed E-state index contributed by atoms with van der Waals surface area (Å²) in [6.07, 6.45) is 6.73. The number of anilines is 1. The summed E-state index contributed by atoms with van der Waals surface area (Å²) in [4.78, 5) is 12.7. The maximum atomic E-state index is 13.3. The van der Waals surface area contributed by atoms with Crippen LogP contribution in [0.5, 0.6) is 0 Å². The quantitative estimate of drug-likeness (QED) is 0.872. The molecule has 0 heterocycles. The molecule has 2 nitrogen and oxygen atoms in total. The zero-order valence-electron chi connectivity index (χ0n) is 11.9. The lowest BCUT2D eigenvalue weighted by Crippen LogP contribution is -2.51. The lowest BCUT2D eigenvalue weighted by molar-refractivity contribution is -0.140. The van der Waals surface area contributed by atoms with Crippen LogP contribution in [0.3, 0.4) is 0 Å². The van der Waals surface area contributed by atoms with Crippen LogP contribution in [-0.4, -0.2) is 5.91 Å². The maximum Gasteiger partial charge on any atom is 0.230 e. The van der Waals surface area contributed by atoms with E-state index in [2.05, 4.69) is 5.32 Å². The number of amides is 1. The summed E-state index contributed by atoms with van der Waals surface area (Å²) in [7, 11) is 0.